The second kappa shape index (κ2) is 6.46. The van der Waals surface area contributed by atoms with E-state index >= 15 is 0 Å². The molecule has 0 aliphatic carbocycles. The number of carbonyl (C=O) groups excluding carboxylic acids is 1. The first-order valence-corrected chi connectivity index (χ1v) is 9.20. The molecule has 3 nitrogen and oxygen atoms in total. The highest BCUT2D eigenvalue weighted by molar-refractivity contribution is 7.07. The number of halogens is 3. The lowest BCUT2D eigenvalue weighted by atomic mass is 9.91. The zero-order chi connectivity index (χ0) is 18.3. The fourth-order valence-electron chi connectivity index (χ4n) is 3.35. The van der Waals surface area contributed by atoms with Gasteiger partial charge in [-0.05, 0) is 46.9 Å². The second-order valence-electron chi connectivity index (χ2n) is 6.59. The Kier molecular flexibility index (Phi) is 4.26. The van der Waals surface area contributed by atoms with Gasteiger partial charge in [0.1, 0.15) is 5.75 Å². The second-order valence-corrected chi connectivity index (χ2v) is 7.37. The molecule has 0 bridgehead atoms. The molecular weight excluding hydrogens is 363 g/mol. The topological polar surface area (TPSA) is 29.5 Å². The van der Waals surface area contributed by atoms with Gasteiger partial charge in [0.15, 0.2) is 0 Å². The number of fused-ring (bicyclic) bond motifs is 1. The maximum absolute atomic E-state index is 13.4. The van der Waals surface area contributed by atoms with Crippen LogP contribution in [0.15, 0.2) is 46.7 Å². The monoisotopic (exact) mass is 379 g/mol. The van der Waals surface area contributed by atoms with E-state index in [1.54, 1.807) is 29.5 Å². The number of nitrogens with zero attached hydrogens (tertiary/aromatic N) is 1. The smallest absolute Gasteiger partial charge is 0.429 e. The summed E-state index contributed by atoms with van der Waals surface area (Å²) in [7, 11) is 0. The molecule has 3 heterocycles. The summed E-state index contributed by atoms with van der Waals surface area (Å²) in [5.74, 6) is -0.163. The quantitative estimate of drug-likeness (QED) is 0.802. The van der Waals surface area contributed by atoms with E-state index in [2.05, 4.69) is 5.38 Å². The van der Waals surface area contributed by atoms with Crippen molar-refractivity contribution >= 4 is 23.3 Å². The molecule has 2 aliphatic rings. The van der Waals surface area contributed by atoms with E-state index in [1.807, 2.05) is 11.4 Å². The van der Waals surface area contributed by atoms with Crippen molar-refractivity contribution in [1.82, 2.24) is 4.90 Å². The van der Waals surface area contributed by atoms with E-state index in [0.29, 0.717) is 18.7 Å². The number of likely N-dealkylation sites (tertiary alicyclic amines) is 1. The highest BCUT2D eigenvalue weighted by Crippen LogP contribution is 2.38. The number of alkyl halides is 3. The number of benzene rings is 1. The molecule has 1 atom stereocenters. The van der Waals surface area contributed by atoms with Gasteiger partial charge in [0.2, 0.25) is 6.10 Å². The third-order valence-corrected chi connectivity index (χ3v) is 5.38. The van der Waals surface area contributed by atoms with Crippen LogP contribution < -0.4 is 4.74 Å². The molecule has 0 saturated carbocycles. The van der Waals surface area contributed by atoms with Crippen LogP contribution in [0.1, 0.15) is 11.1 Å². The van der Waals surface area contributed by atoms with E-state index in [-0.39, 0.29) is 17.2 Å². The van der Waals surface area contributed by atoms with E-state index in [0.717, 1.165) is 6.42 Å². The van der Waals surface area contributed by atoms with Crippen LogP contribution in [0, 0.1) is 5.92 Å². The van der Waals surface area contributed by atoms with Crippen molar-refractivity contribution in [2.45, 2.75) is 18.7 Å². The summed E-state index contributed by atoms with van der Waals surface area (Å²) < 4.78 is 45.4. The molecule has 7 heteroatoms. The number of hydrogen-bond acceptors (Lipinski definition) is 3. The highest BCUT2D eigenvalue weighted by atomic mass is 32.1. The van der Waals surface area contributed by atoms with Gasteiger partial charge in [-0.3, -0.25) is 4.79 Å². The van der Waals surface area contributed by atoms with Crippen LogP contribution in [0.2, 0.25) is 0 Å². The Hall–Kier alpha value is -2.28. The molecule has 0 spiro atoms. The molecular formula is C19H16F3NO2S. The maximum atomic E-state index is 13.4. The van der Waals surface area contributed by atoms with E-state index in [4.69, 9.17) is 4.74 Å². The number of hydrogen-bond donors (Lipinski definition) is 0. The Balaban J connectivity index is 1.51. The maximum Gasteiger partial charge on any atom is 0.429 e. The zero-order valence-electron chi connectivity index (χ0n) is 13.7. The van der Waals surface area contributed by atoms with Crippen molar-refractivity contribution in [2.24, 2.45) is 5.92 Å². The van der Waals surface area contributed by atoms with Crippen molar-refractivity contribution in [1.29, 1.82) is 0 Å². The van der Waals surface area contributed by atoms with E-state index < -0.39 is 18.2 Å². The summed E-state index contributed by atoms with van der Waals surface area (Å²) in [5.41, 5.74) is 1.35. The van der Waals surface area contributed by atoms with Gasteiger partial charge >= 0.3 is 6.18 Å². The first kappa shape index (κ1) is 17.1. The van der Waals surface area contributed by atoms with E-state index in [9.17, 15) is 18.0 Å². The zero-order valence-corrected chi connectivity index (χ0v) is 14.5. The molecule has 2 aliphatic heterocycles. The Morgan fingerprint density at radius 3 is 2.69 bits per heavy atom. The summed E-state index contributed by atoms with van der Waals surface area (Å²) in [6.07, 6.45) is -4.71. The lowest BCUT2D eigenvalue weighted by molar-refractivity contribution is -0.186. The standard InChI is InChI=1S/C19H16F3NO2S/c20-19(21,22)17-15(8-14-3-1-2-4-16(14)25-17)18(24)23-9-13(10-23)7-12-5-6-26-11-12/h1-6,8,11,13,17H,7,9-10H2. The van der Waals surface area contributed by atoms with Crippen LogP contribution in [0.5, 0.6) is 5.75 Å². The lowest BCUT2D eigenvalue weighted by Gasteiger charge is -2.41. The van der Waals surface area contributed by atoms with Crippen molar-refractivity contribution in [3.63, 3.8) is 0 Å². The van der Waals surface area contributed by atoms with Crippen LogP contribution in [0.4, 0.5) is 13.2 Å². The number of thiophene rings is 1. The van der Waals surface area contributed by atoms with Gasteiger partial charge in [0, 0.05) is 18.7 Å². The molecule has 136 valence electrons. The Bertz CT molecular complexity index is 839. The molecule has 1 aromatic carbocycles. The summed E-state index contributed by atoms with van der Waals surface area (Å²) in [6, 6.07) is 8.47. The van der Waals surface area contributed by atoms with Crippen molar-refractivity contribution < 1.29 is 22.7 Å². The third-order valence-electron chi connectivity index (χ3n) is 4.65. The third kappa shape index (κ3) is 3.23. The van der Waals surface area contributed by atoms with Crippen LogP contribution >= 0.6 is 11.3 Å². The number of para-hydroxylation sites is 1. The van der Waals surface area contributed by atoms with Gasteiger partial charge in [0.25, 0.3) is 5.91 Å². The SMILES string of the molecule is O=C(C1=Cc2ccccc2OC1C(F)(F)F)N1CC(Cc2ccsc2)C1. The largest absolute Gasteiger partial charge is 0.475 e. The Morgan fingerprint density at radius 2 is 2.00 bits per heavy atom. The fourth-order valence-corrected chi connectivity index (χ4v) is 4.03. The molecule has 0 radical (unpaired) electrons. The molecule has 1 fully saturated rings. The number of rotatable bonds is 3. The number of amides is 1. The average molecular weight is 379 g/mol. The molecule has 1 unspecified atom stereocenters. The van der Waals surface area contributed by atoms with Crippen molar-refractivity contribution in [2.75, 3.05) is 13.1 Å². The van der Waals surface area contributed by atoms with E-state index in [1.165, 1.54) is 22.6 Å². The van der Waals surface area contributed by atoms with Crippen LogP contribution in [0.25, 0.3) is 6.08 Å². The van der Waals surface area contributed by atoms with Crippen molar-refractivity contribution in [3.8, 4) is 5.75 Å². The minimum absolute atomic E-state index is 0.144. The normalized spacial score (nSPS) is 20.0. The molecule has 1 aromatic heterocycles. The van der Waals surface area contributed by atoms with Gasteiger partial charge in [0.05, 0.1) is 5.57 Å². The molecule has 26 heavy (non-hydrogen) atoms. The van der Waals surface area contributed by atoms with Gasteiger partial charge in [-0.15, -0.1) is 0 Å². The lowest BCUT2D eigenvalue weighted by Crippen LogP contribution is -2.54. The van der Waals surface area contributed by atoms with Gasteiger partial charge in [-0.25, -0.2) is 0 Å². The molecule has 0 N–H and O–H groups in total. The van der Waals surface area contributed by atoms with Gasteiger partial charge in [-0.2, -0.15) is 24.5 Å². The Morgan fingerprint density at radius 1 is 1.23 bits per heavy atom. The van der Waals surface area contributed by atoms with Gasteiger partial charge < -0.3 is 9.64 Å². The highest BCUT2D eigenvalue weighted by Gasteiger charge is 2.49. The first-order chi connectivity index (χ1) is 12.4. The Labute approximate surface area is 152 Å². The predicted molar refractivity (Wildman–Crippen MR) is 93.0 cm³/mol. The molecule has 1 amide bonds. The number of carbonyl (C=O) groups is 1. The average Bonchev–Trinajstić information content (AvgIpc) is 3.08. The first-order valence-electron chi connectivity index (χ1n) is 8.26. The summed E-state index contributed by atoms with van der Waals surface area (Å²) >= 11 is 1.61. The fraction of sp³-hybridized carbons (Fsp3) is 0.316. The molecule has 1 saturated heterocycles. The minimum atomic E-state index is -4.64. The van der Waals surface area contributed by atoms with Crippen LogP contribution in [-0.4, -0.2) is 36.2 Å². The summed E-state index contributed by atoms with van der Waals surface area (Å²) in [6.45, 7) is 0.941. The van der Waals surface area contributed by atoms with Gasteiger partial charge in [-0.1, -0.05) is 18.2 Å². The van der Waals surface area contributed by atoms with Crippen LogP contribution in [0.3, 0.4) is 0 Å². The predicted octanol–water partition coefficient (Wildman–Crippen LogP) is 4.16. The van der Waals surface area contributed by atoms with Crippen molar-refractivity contribution in [3.05, 3.63) is 57.8 Å². The minimum Gasteiger partial charge on any atom is -0.475 e. The molecule has 2 aromatic rings. The molecule has 4 rings (SSSR count). The summed E-state index contributed by atoms with van der Waals surface area (Å²) in [4.78, 5) is 14.1. The van der Waals surface area contributed by atoms with Crippen LogP contribution in [-0.2, 0) is 11.2 Å². The number of ether oxygens (including phenoxy) is 1. The summed E-state index contributed by atoms with van der Waals surface area (Å²) in [5, 5.41) is 4.05.